The van der Waals surface area contributed by atoms with Gasteiger partial charge in [-0.05, 0) is 23.8 Å². The van der Waals surface area contributed by atoms with Gasteiger partial charge in [-0.15, -0.1) is 0 Å². The maximum absolute atomic E-state index is 11.8. The average molecular weight is 647 g/mol. The summed E-state index contributed by atoms with van der Waals surface area (Å²) in [6, 6.07) is 3.38. The predicted molar refractivity (Wildman–Crippen MR) is 116 cm³/mol. The van der Waals surface area contributed by atoms with Crippen LogP contribution < -0.4 is 108 Å². The number of carboxylic acid groups (broad SMARTS) is 2. The molecule has 0 aromatic heterocycles. The topological polar surface area (TPSA) is 288 Å². The van der Waals surface area contributed by atoms with Crippen molar-refractivity contribution in [3.05, 3.63) is 35.9 Å². The number of hydrogen-bond donors (Lipinski definition) is 6. The van der Waals surface area contributed by atoms with E-state index in [2.05, 4.69) is 0 Å². The molecule has 0 bridgehead atoms. The number of aliphatic hydroxyl groups is 5. The van der Waals surface area contributed by atoms with Crippen LogP contribution in [-0.2, 0) is 34.1 Å². The fraction of sp³-hybridized carbons (Fsp3) is 0.524. The van der Waals surface area contributed by atoms with Crippen molar-refractivity contribution in [3.63, 3.8) is 0 Å². The number of aliphatic hydroxyl groups excluding tert-OH is 5. The second kappa shape index (κ2) is 18.4. The molecule has 10 atom stereocenters. The molecule has 1 aromatic carbocycles. The molecule has 0 spiro atoms. The molecule has 1 aromatic rings. The Morgan fingerprint density at radius 3 is 2.02 bits per heavy atom. The Bertz CT molecular complexity index is 1160. The molecule has 0 saturated carbocycles. The molecule has 2 fully saturated rings. The Balaban J connectivity index is 0.00000560. The van der Waals surface area contributed by atoms with E-state index in [4.69, 9.17) is 18.9 Å². The smallest absolute Gasteiger partial charge is 0.735 e. The molecule has 0 aliphatic carbocycles. The van der Waals surface area contributed by atoms with Crippen LogP contribution in [0.25, 0.3) is 6.08 Å². The number of nitrogens with one attached hydrogen (secondary N) is 1. The first-order valence-corrected chi connectivity index (χ1v) is 12.5. The van der Waals surface area contributed by atoms with E-state index in [1.165, 1.54) is 35.1 Å². The fourth-order valence-electron chi connectivity index (χ4n) is 3.88. The number of rotatable bonds is 10. The molecule has 6 N–H and O–H groups in total. The summed E-state index contributed by atoms with van der Waals surface area (Å²) in [7, 11) is -5.31. The number of aliphatic carboxylic acids is 2. The zero-order chi connectivity index (χ0) is 29.1. The molecule has 2 saturated heterocycles. The van der Waals surface area contributed by atoms with Crippen molar-refractivity contribution in [2.45, 2.75) is 61.3 Å². The molecule has 0 radical (unpaired) electrons. The predicted octanol–water partition coefficient (Wildman–Crippen LogP) is -15.7. The molecule has 0 amide bonds. The summed E-state index contributed by atoms with van der Waals surface area (Å²) in [6.07, 6.45) is -15.9. The molecule has 17 nitrogen and oxygen atoms in total. The van der Waals surface area contributed by atoms with Crippen molar-refractivity contribution in [2.75, 3.05) is 6.61 Å². The van der Waals surface area contributed by atoms with Gasteiger partial charge in [-0.25, -0.2) is 13.1 Å². The Morgan fingerprint density at radius 2 is 1.52 bits per heavy atom. The van der Waals surface area contributed by atoms with Crippen molar-refractivity contribution in [1.29, 1.82) is 0 Å². The van der Waals surface area contributed by atoms with Crippen LogP contribution >= 0.6 is 0 Å². The minimum absolute atomic E-state index is 0. The van der Waals surface area contributed by atoms with E-state index in [0.717, 1.165) is 6.08 Å². The van der Waals surface area contributed by atoms with Gasteiger partial charge in [0.1, 0.15) is 54.5 Å². The SMILES string of the molecule is O=C([O-])/C=C/c1ccc(O[C@@H]2O[C@H](C(=O)[O-])[C@@H](O[C@H]3O[C@H](CO)[C@@H](O)[C@H](O)[C@H]3NS(=O)(=O)[O-])[C@H](O)[C@H]2O)cc1.[Na+].[Na+].[Na+]. The molecular formula is C21H24NNa3O16S. The van der Waals surface area contributed by atoms with Crippen LogP contribution in [0.2, 0.25) is 0 Å². The monoisotopic (exact) mass is 647 g/mol. The van der Waals surface area contributed by atoms with Crippen molar-refractivity contribution < 1.29 is 166 Å². The number of carbonyl (C=O) groups is 2. The summed E-state index contributed by atoms with van der Waals surface area (Å²) in [4.78, 5) is 22.3. The Morgan fingerprint density at radius 1 is 0.929 bits per heavy atom. The molecule has 2 heterocycles. The molecule has 218 valence electrons. The van der Waals surface area contributed by atoms with Crippen LogP contribution in [0.3, 0.4) is 0 Å². The fourth-order valence-corrected chi connectivity index (χ4v) is 4.46. The van der Waals surface area contributed by atoms with E-state index in [1.807, 2.05) is 0 Å². The molecule has 42 heavy (non-hydrogen) atoms. The van der Waals surface area contributed by atoms with E-state index in [1.54, 1.807) is 0 Å². The van der Waals surface area contributed by atoms with Crippen LogP contribution in [0, 0.1) is 0 Å². The van der Waals surface area contributed by atoms with Gasteiger partial charge in [0, 0.05) is 0 Å². The minimum Gasteiger partial charge on any atom is -0.735 e. The quantitative estimate of drug-likeness (QED) is 0.0781. The van der Waals surface area contributed by atoms with Gasteiger partial charge < -0.3 is 68.8 Å². The van der Waals surface area contributed by atoms with Crippen LogP contribution in [0.15, 0.2) is 30.3 Å². The molecule has 2 aliphatic rings. The summed E-state index contributed by atoms with van der Waals surface area (Å²) in [6.45, 7) is -0.928. The Hall–Kier alpha value is 0.250. The third-order valence-corrected chi connectivity index (χ3v) is 6.33. The summed E-state index contributed by atoms with van der Waals surface area (Å²) < 4.78 is 56.2. The number of ether oxygens (including phenoxy) is 4. The van der Waals surface area contributed by atoms with E-state index >= 15 is 0 Å². The molecular weight excluding hydrogens is 623 g/mol. The van der Waals surface area contributed by atoms with E-state index in [9.17, 15) is 58.3 Å². The third-order valence-electron chi connectivity index (χ3n) is 5.77. The van der Waals surface area contributed by atoms with Crippen molar-refractivity contribution in [2.24, 2.45) is 0 Å². The summed E-state index contributed by atoms with van der Waals surface area (Å²) in [5, 5.41) is 73.2. The van der Waals surface area contributed by atoms with Crippen molar-refractivity contribution in [3.8, 4) is 5.75 Å². The number of hydrogen-bond acceptors (Lipinski definition) is 16. The molecule has 2 aliphatic heterocycles. The zero-order valence-electron chi connectivity index (χ0n) is 22.6. The summed E-state index contributed by atoms with van der Waals surface area (Å²) >= 11 is 0. The number of benzene rings is 1. The van der Waals surface area contributed by atoms with Gasteiger partial charge in [-0.1, -0.05) is 18.2 Å². The summed E-state index contributed by atoms with van der Waals surface area (Å²) in [5.74, 6) is -3.42. The summed E-state index contributed by atoms with van der Waals surface area (Å²) in [5.41, 5.74) is 0.419. The first kappa shape index (κ1) is 42.2. The molecule has 21 heteroatoms. The second-order valence-electron chi connectivity index (χ2n) is 8.47. The number of carboxylic acids is 2. The zero-order valence-corrected chi connectivity index (χ0v) is 29.4. The van der Waals surface area contributed by atoms with E-state index < -0.39 is 90.2 Å². The Kier molecular flexibility index (Phi) is 18.5. The molecule has 3 rings (SSSR count). The van der Waals surface area contributed by atoms with Crippen LogP contribution in [0.5, 0.6) is 5.75 Å². The second-order valence-corrected chi connectivity index (χ2v) is 9.61. The number of carbonyl (C=O) groups excluding carboxylic acids is 2. The average Bonchev–Trinajstić information content (AvgIpc) is 2.86. The maximum Gasteiger partial charge on any atom is 1.00 e. The standard InChI is InChI=1S/C21H27NO16S.3Na/c23-7-10-13(26)14(27)12(22-39(32,33)34)20(36-10)37-17-15(28)16(29)21(38-18(17)19(30)31)35-9-4-1-8(2-5-9)3-6-11(24)25;;;/h1-6,10,12-18,20-23,26-29H,7H2,(H,24,25)(H,30,31)(H,32,33,34);;;/q;3*+1/p-3/b6-3+;;;/t10-,12-,13-,14-,15-,16-,17+,18+,20-,21-;;;/m1.../s1. The van der Waals surface area contributed by atoms with E-state index in [-0.39, 0.29) is 94.4 Å². The van der Waals surface area contributed by atoms with Gasteiger partial charge in [0.15, 0.2) is 16.6 Å². The largest absolute Gasteiger partial charge is 1.00 e. The minimum atomic E-state index is -5.31. The van der Waals surface area contributed by atoms with Gasteiger partial charge in [-0.2, -0.15) is 0 Å². The van der Waals surface area contributed by atoms with E-state index in [0.29, 0.717) is 5.56 Å². The normalized spacial score (nSPS) is 33.0. The van der Waals surface area contributed by atoms with Crippen LogP contribution in [0.1, 0.15) is 5.56 Å². The van der Waals surface area contributed by atoms with Gasteiger partial charge >= 0.3 is 88.7 Å². The molecule has 0 unspecified atom stereocenters. The van der Waals surface area contributed by atoms with Gasteiger partial charge in [0.05, 0.1) is 18.5 Å². The Labute approximate surface area is 305 Å². The van der Waals surface area contributed by atoms with Crippen molar-refractivity contribution >= 4 is 28.3 Å². The maximum atomic E-state index is 11.8. The van der Waals surface area contributed by atoms with Gasteiger partial charge in [-0.3, -0.25) is 0 Å². The third kappa shape index (κ3) is 11.2. The van der Waals surface area contributed by atoms with Gasteiger partial charge in [0.25, 0.3) is 0 Å². The van der Waals surface area contributed by atoms with Crippen LogP contribution in [0.4, 0.5) is 0 Å². The van der Waals surface area contributed by atoms with Crippen molar-refractivity contribution in [1.82, 2.24) is 4.72 Å². The first-order chi connectivity index (χ1) is 18.2. The van der Waals surface area contributed by atoms with Gasteiger partial charge in [0.2, 0.25) is 6.29 Å². The van der Waals surface area contributed by atoms with Crippen LogP contribution in [-0.4, -0.2) is 118 Å². The first-order valence-electron chi connectivity index (χ1n) is 11.1.